The first-order valence-corrected chi connectivity index (χ1v) is 10.1. The molecule has 0 saturated carbocycles. The molecule has 0 atom stereocenters. The van der Waals surface area contributed by atoms with Crippen LogP contribution in [0.25, 0.3) is 16.7 Å². The fourth-order valence-corrected chi connectivity index (χ4v) is 4.03. The quantitative estimate of drug-likeness (QED) is 0.447. The van der Waals surface area contributed by atoms with Gasteiger partial charge < -0.3 is 4.90 Å². The predicted molar refractivity (Wildman–Crippen MR) is 120 cm³/mol. The van der Waals surface area contributed by atoms with E-state index in [0.717, 1.165) is 33.5 Å². The molecular formula is C24H20ClN5. The number of nitriles is 2. The van der Waals surface area contributed by atoms with E-state index >= 15 is 0 Å². The van der Waals surface area contributed by atoms with Crippen molar-refractivity contribution in [1.82, 2.24) is 9.38 Å². The lowest BCUT2D eigenvalue weighted by Gasteiger charge is -2.25. The fraction of sp³-hybridized carbons (Fsp3) is 0.208. The zero-order valence-electron chi connectivity index (χ0n) is 16.9. The zero-order chi connectivity index (χ0) is 21.3. The van der Waals surface area contributed by atoms with Crippen molar-refractivity contribution in [2.45, 2.75) is 19.8 Å². The SMILES string of the molecule is Cc1c(Cc2ccc(Cl)cc2)c(N(C)CCC#N)n2c(nc3ccccc32)c1C#N. The maximum Gasteiger partial charge on any atom is 0.157 e. The Morgan fingerprint density at radius 2 is 1.83 bits per heavy atom. The van der Waals surface area contributed by atoms with Crippen LogP contribution in [0.1, 0.15) is 28.7 Å². The highest BCUT2D eigenvalue weighted by Gasteiger charge is 2.23. The van der Waals surface area contributed by atoms with E-state index in [9.17, 15) is 5.26 Å². The summed E-state index contributed by atoms with van der Waals surface area (Å²) in [7, 11) is 1.98. The number of imidazole rings is 1. The van der Waals surface area contributed by atoms with E-state index < -0.39 is 0 Å². The molecule has 6 heteroatoms. The van der Waals surface area contributed by atoms with Crippen LogP contribution in [-0.4, -0.2) is 23.0 Å². The van der Waals surface area contributed by atoms with Crippen molar-refractivity contribution in [3.05, 3.63) is 75.8 Å². The van der Waals surface area contributed by atoms with Gasteiger partial charge in [0.1, 0.15) is 11.9 Å². The molecule has 0 amide bonds. The maximum absolute atomic E-state index is 9.96. The molecule has 30 heavy (non-hydrogen) atoms. The molecule has 2 heterocycles. The van der Waals surface area contributed by atoms with Crippen LogP contribution in [0.3, 0.4) is 0 Å². The first-order chi connectivity index (χ1) is 14.5. The van der Waals surface area contributed by atoms with Gasteiger partial charge in [-0.25, -0.2) is 4.98 Å². The number of hydrogen-bond donors (Lipinski definition) is 0. The van der Waals surface area contributed by atoms with Gasteiger partial charge in [0.25, 0.3) is 0 Å². The molecule has 5 nitrogen and oxygen atoms in total. The normalized spacial score (nSPS) is 10.8. The summed E-state index contributed by atoms with van der Waals surface area (Å²) in [6.07, 6.45) is 1.05. The van der Waals surface area contributed by atoms with Crippen LogP contribution < -0.4 is 4.90 Å². The Balaban J connectivity index is 2.06. The summed E-state index contributed by atoms with van der Waals surface area (Å²) in [4.78, 5) is 6.85. The number of fused-ring (bicyclic) bond motifs is 3. The summed E-state index contributed by atoms with van der Waals surface area (Å²) in [6.45, 7) is 2.56. The van der Waals surface area contributed by atoms with Crippen LogP contribution >= 0.6 is 11.6 Å². The Hall–Kier alpha value is -3.54. The van der Waals surface area contributed by atoms with Crippen LogP contribution in [0, 0.1) is 29.6 Å². The smallest absolute Gasteiger partial charge is 0.157 e. The molecule has 0 aliphatic rings. The topological polar surface area (TPSA) is 68.1 Å². The third kappa shape index (κ3) is 3.34. The van der Waals surface area contributed by atoms with Crippen molar-refractivity contribution in [1.29, 1.82) is 10.5 Å². The molecule has 2 aromatic heterocycles. The molecule has 0 aliphatic heterocycles. The molecule has 4 rings (SSSR count). The molecule has 2 aromatic carbocycles. The van der Waals surface area contributed by atoms with E-state index in [0.29, 0.717) is 35.6 Å². The molecule has 0 aliphatic carbocycles. The van der Waals surface area contributed by atoms with Gasteiger partial charge in [0.05, 0.1) is 29.1 Å². The van der Waals surface area contributed by atoms with E-state index in [1.807, 2.05) is 62.5 Å². The fourth-order valence-electron chi connectivity index (χ4n) is 3.91. The van der Waals surface area contributed by atoms with Gasteiger partial charge in [-0.15, -0.1) is 0 Å². The predicted octanol–water partition coefficient (Wildman–Crippen LogP) is 5.26. The van der Waals surface area contributed by atoms with Crippen molar-refractivity contribution in [2.75, 3.05) is 18.5 Å². The first-order valence-electron chi connectivity index (χ1n) is 9.70. The number of pyridine rings is 1. The third-order valence-corrected chi connectivity index (χ3v) is 5.67. The Labute approximate surface area is 180 Å². The van der Waals surface area contributed by atoms with Gasteiger partial charge in [-0.05, 0) is 42.3 Å². The van der Waals surface area contributed by atoms with Gasteiger partial charge in [-0.2, -0.15) is 10.5 Å². The van der Waals surface area contributed by atoms with Gasteiger partial charge in [0.15, 0.2) is 5.65 Å². The monoisotopic (exact) mass is 413 g/mol. The number of nitrogens with zero attached hydrogens (tertiary/aromatic N) is 5. The zero-order valence-corrected chi connectivity index (χ0v) is 17.6. The van der Waals surface area contributed by atoms with Gasteiger partial charge in [-0.1, -0.05) is 35.9 Å². The Morgan fingerprint density at radius 3 is 2.53 bits per heavy atom. The summed E-state index contributed by atoms with van der Waals surface area (Å²) < 4.78 is 2.06. The molecule has 0 saturated heterocycles. The first kappa shape index (κ1) is 19.8. The van der Waals surface area contributed by atoms with E-state index in [4.69, 9.17) is 21.8 Å². The lowest BCUT2D eigenvalue weighted by molar-refractivity contribution is 0.861. The molecule has 0 spiro atoms. The summed E-state index contributed by atoms with van der Waals surface area (Å²) in [5.41, 5.74) is 6.07. The van der Waals surface area contributed by atoms with Crippen LogP contribution in [-0.2, 0) is 6.42 Å². The number of para-hydroxylation sites is 2. The van der Waals surface area contributed by atoms with Crippen molar-refractivity contribution < 1.29 is 0 Å². The van der Waals surface area contributed by atoms with Crippen molar-refractivity contribution >= 4 is 34.1 Å². The van der Waals surface area contributed by atoms with Crippen LogP contribution in [0.5, 0.6) is 0 Å². The highest BCUT2D eigenvalue weighted by atomic mass is 35.5. The van der Waals surface area contributed by atoms with Gasteiger partial charge in [-0.3, -0.25) is 4.40 Å². The molecular weight excluding hydrogens is 394 g/mol. The van der Waals surface area contributed by atoms with Crippen molar-refractivity contribution in [3.8, 4) is 12.1 Å². The number of hydrogen-bond acceptors (Lipinski definition) is 4. The number of rotatable bonds is 5. The molecule has 148 valence electrons. The number of anilines is 1. The van der Waals surface area contributed by atoms with Crippen molar-refractivity contribution in [3.63, 3.8) is 0 Å². The number of halogens is 1. The van der Waals surface area contributed by atoms with E-state index in [1.165, 1.54) is 0 Å². The van der Waals surface area contributed by atoms with E-state index in [-0.39, 0.29) is 0 Å². The third-order valence-electron chi connectivity index (χ3n) is 5.42. The lowest BCUT2D eigenvalue weighted by atomic mass is 9.97. The molecule has 0 unspecified atom stereocenters. The lowest BCUT2D eigenvalue weighted by Crippen LogP contribution is -2.24. The minimum absolute atomic E-state index is 0.407. The van der Waals surface area contributed by atoms with Gasteiger partial charge in [0, 0.05) is 30.6 Å². The molecule has 4 aromatic rings. The van der Waals surface area contributed by atoms with Gasteiger partial charge in [0.2, 0.25) is 0 Å². The molecule has 0 radical (unpaired) electrons. The maximum atomic E-state index is 9.96. The van der Waals surface area contributed by atoms with Crippen LogP contribution in [0.4, 0.5) is 5.82 Å². The highest BCUT2D eigenvalue weighted by Crippen LogP contribution is 2.34. The second-order valence-electron chi connectivity index (χ2n) is 7.31. The van der Waals surface area contributed by atoms with E-state index in [2.05, 4.69) is 21.4 Å². The molecule has 0 fully saturated rings. The second kappa shape index (κ2) is 8.06. The standard InChI is InChI=1S/C24H20ClN5/c1-16-19(14-17-8-10-18(25)11-9-17)24(29(2)13-5-12-26)30-22-7-4-3-6-21(22)28-23(30)20(16)15-27/h3-4,6-11H,5,13-14H2,1-2H3. The molecule has 0 N–H and O–H groups in total. The largest absolute Gasteiger partial charge is 0.359 e. The Kier molecular flexibility index (Phi) is 5.31. The minimum Gasteiger partial charge on any atom is -0.359 e. The van der Waals surface area contributed by atoms with Crippen LogP contribution in [0.15, 0.2) is 48.5 Å². The second-order valence-corrected chi connectivity index (χ2v) is 7.74. The van der Waals surface area contributed by atoms with E-state index in [1.54, 1.807) is 0 Å². The Morgan fingerprint density at radius 1 is 1.10 bits per heavy atom. The molecule has 0 bridgehead atoms. The average Bonchev–Trinajstić information content (AvgIpc) is 3.13. The minimum atomic E-state index is 0.407. The summed E-state index contributed by atoms with van der Waals surface area (Å²) >= 11 is 6.07. The Bertz CT molecular complexity index is 1320. The average molecular weight is 414 g/mol. The number of benzene rings is 2. The van der Waals surface area contributed by atoms with Gasteiger partial charge >= 0.3 is 0 Å². The summed E-state index contributed by atoms with van der Waals surface area (Å²) in [6, 6.07) is 20.2. The van der Waals surface area contributed by atoms with Crippen molar-refractivity contribution in [2.24, 2.45) is 0 Å². The van der Waals surface area contributed by atoms with Crippen LogP contribution in [0.2, 0.25) is 5.02 Å². The summed E-state index contributed by atoms with van der Waals surface area (Å²) in [5, 5.41) is 19.8. The highest BCUT2D eigenvalue weighted by molar-refractivity contribution is 6.30. The summed E-state index contributed by atoms with van der Waals surface area (Å²) in [5.74, 6) is 0.959. The number of aromatic nitrogens is 2.